The van der Waals surface area contributed by atoms with Crippen LogP contribution in [0.15, 0.2) is 188 Å². The lowest BCUT2D eigenvalue weighted by atomic mass is 9.63. The van der Waals surface area contributed by atoms with Crippen LogP contribution in [0.1, 0.15) is 51.7 Å². The van der Waals surface area contributed by atoms with Crippen LogP contribution in [0.2, 0.25) is 0 Å². The van der Waals surface area contributed by atoms with Crippen molar-refractivity contribution in [2.24, 2.45) is 0 Å². The van der Waals surface area contributed by atoms with Gasteiger partial charge in [0, 0.05) is 17.1 Å². The van der Waals surface area contributed by atoms with Gasteiger partial charge in [0.1, 0.15) is 0 Å². The normalized spacial score (nSPS) is 14.5. The summed E-state index contributed by atoms with van der Waals surface area (Å²) in [5.41, 5.74) is 14.1. The van der Waals surface area contributed by atoms with Crippen LogP contribution in [0.5, 0.6) is 0 Å². The Hall–Kier alpha value is -6.44. The third-order valence-electron chi connectivity index (χ3n) is 12.7. The first-order valence-electron chi connectivity index (χ1n) is 20.4. The molecule has 0 aromatic heterocycles. The van der Waals surface area contributed by atoms with Gasteiger partial charge in [-0.3, -0.25) is 0 Å². The van der Waals surface area contributed by atoms with Gasteiger partial charge in [0.25, 0.3) is 0 Å². The monoisotopic (exact) mass is 733 g/mol. The molecule has 10 rings (SSSR count). The molecule has 1 nitrogen and oxygen atoms in total. The van der Waals surface area contributed by atoms with Gasteiger partial charge in [-0.15, -0.1) is 0 Å². The van der Waals surface area contributed by atoms with Crippen LogP contribution >= 0.6 is 0 Å². The van der Waals surface area contributed by atoms with Crippen molar-refractivity contribution in [3.05, 3.63) is 199 Å². The van der Waals surface area contributed by atoms with Crippen LogP contribution in [0.3, 0.4) is 0 Å². The van der Waals surface area contributed by atoms with E-state index in [1.54, 1.807) is 0 Å². The summed E-state index contributed by atoms with van der Waals surface area (Å²) in [6, 6.07) is 69.7. The van der Waals surface area contributed by atoms with Gasteiger partial charge in [0.2, 0.25) is 0 Å². The fraction of sp³-hybridized carbons (Fsp3) is 0.143. The van der Waals surface area contributed by atoms with E-state index in [1.165, 1.54) is 89.7 Å². The molecule has 0 heterocycles. The number of nitrogens with zero attached hydrogens (tertiary/aromatic N) is 1. The molecule has 0 spiro atoms. The van der Waals surface area contributed by atoms with Crippen molar-refractivity contribution in [2.75, 3.05) is 4.90 Å². The zero-order valence-corrected chi connectivity index (χ0v) is 33.3. The molecule has 9 aromatic carbocycles. The van der Waals surface area contributed by atoms with E-state index in [0.717, 1.165) is 17.1 Å². The second-order valence-electron chi connectivity index (χ2n) is 17.2. The van der Waals surface area contributed by atoms with E-state index in [1.807, 2.05) is 0 Å². The van der Waals surface area contributed by atoms with Crippen molar-refractivity contribution in [3.8, 4) is 33.4 Å². The van der Waals surface area contributed by atoms with E-state index in [4.69, 9.17) is 0 Å². The molecule has 1 heteroatoms. The van der Waals surface area contributed by atoms with E-state index in [-0.39, 0.29) is 10.8 Å². The summed E-state index contributed by atoms with van der Waals surface area (Å²) in [6.45, 7) is 9.62. The Morgan fingerprint density at radius 1 is 0.333 bits per heavy atom. The number of hydrogen-bond donors (Lipinski definition) is 0. The largest absolute Gasteiger partial charge is 0.310 e. The van der Waals surface area contributed by atoms with Gasteiger partial charge in [-0.25, -0.2) is 0 Å². The molecule has 0 atom stereocenters. The highest BCUT2D eigenvalue weighted by atomic mass is 15.1. The Morgan fingerprint density at radius 3 is 1.63 bits per heavy atom. The number of hydrogen-bond acceptors (Lipinski definition) is 1. The van der Waals surface area contributed by atoms with E-state index in [2.05, 4.69) is 221 Å². The van der Waals surface area contributed by atoms with Gasteiger partial charge in [-0.1, -0.05) is 173 Å². The summed E-state index contributed by atoms with van der Waals surface area (Å²) in [6.07, 6.45) is 2.43. The Kier molecular flexibility index (Phi) is 8.38. The van der Waals surface area contributed by atoms with Crippen molar-refractivity contribution in [1.29, 1.82) is 0 Å². The molecule has 0 aliphatic heterocycles. The highest BCUT2D eigenvalue weighted by Gasteiger charge is 2.37. The van der Waals surface area contributed by atoms with E-state index in [9.17, 15) is 0 Å². The molecular formula is C56H47N. The van der Waals surface area contributed by atoms with Gasteiger partial charge in [0.15, 0.2) is 0 Å². The zero-order valence-electron chi connectivity index (χ0n) is 33.3. The minimum Gasteiger partial charge on any atom is -0.310 e. The summed E-state index contributed by atoms with van der Waals surface area (Å²) in [5, 5.41) is 7.60. The second kappa shape index (κ2) is 13.6. The minimum atomic E-state index is 0.164. The standard InChI is InChI=1S/C56H47N/c1-55(2)33-34-56(3,4)54-37-41(27-32-53(54)55)38-23-28-44(29-24-38)57(45-30-25-40(26-31-45)48-22-12-15-39-13-5-7-18-47(39)48)46-17-11-16-42(35-46)52-36-43-14-6-8-19-49(43)50-20-9-10-21-51(50)52/h5-32,35-37H,33-34H2,1-4H3. The van der Waals surface area contributed by atoms with Crippen LogP contribution in [-0.4, -0.2) is 0 Å². The topological polar surface area (TPSA) is 3.24 Å². The zero-order chi connectivity index (χ0) is 38.7. The molecule has 0 saturated heterocycles. The van der Waals surface area contributed by atoms with E-state index in [0.29, 0.717) is 0 Å². The molecule has 276 valence electrons. The molecule has 0 amide bonds. The van der Waals surface area contributed by atoms with Crippen LogP contribution in [0, 0.1) is 0 Å². The van der Waals surface area contributed by atoms with Crippen LogP contribution in [-0.2, 0) is 10.8 Å². The quantitative estimate of drug-likeness (QED) is 0.154. The Bertz CT molecular complexity index is 2940. The van der Waals surface area contributed by atoms with Gasteiger partial charge < -0.3 is 4.90 Å². The van der Waals surface area contributed by atoms with E-state index >= 15 is 0 Å². The summed E-state index contributed by atoms with van der Waals surface area (Å²) in [7, 11) is 0. The predicted molar refractivity (Wildman–Crippen MR) is 245 cm³/mol. The fourth-order valence-electron chi connectivity index (χ4n) is 9.39. The second-order valence-corrected chi connectivity index (χ2v) is 17.2. The molecule has 1 aliphatic rings. The molecule has 1 aliphatic carbocycles. The van der Waals surface area contributed by atoms with Crippen LogP contribution in [0.25, 0.3) is 65.7 Å². The average molecular weight is 734 g/mol. The summed E-state index contributed by atoms with van der Waals surface area (Å²) >= 11 is 0. The van der Waals surface area contributed by atoms with Crippen molar-refractivity contribution in [2.45, 2.75) is 51.4 Å². The fourth-order valence-corrected chi connectivity index (χ4v) is 9.39. The van der Waals surface area contributed by atoms with Gasteiger partial charge in [-0.2, -0.15) is 0 Å². The smallest absolute Gasteiger partial charge is 0.0467 e. The van der Waals surface area contributed by atoms with Crippen LogP contribution in [0.4, 0.5) is 17.1 Å². The third kappa shape index (κ3) is 6.19. The lowest BCUT2D eigenvalue weighted by Gasteiger charge is -2.42. The molecule has 0 saturated carbocycles. The molecule has 0 bridgehead atoms. The number of anilines is 3. The maximum atomic E-state index is 2.46. The SMILES string of the molecule is CC1(C)CCC(C)(C)c2cc(-c3ccc(N(c4ccc(-c5cccc6ccccc56)cc4)c4cccc(-c5cc6ccccc6c6ccccc56)c4)cc3)ccc21. The average Bonchev–Trinajstić information content (AvgIpc) is 3.25. The highest BCUT2D eigenvalue weighted by molar-refractivity contribution is 6.14. The van der Waals surface area contributed by atoms with Crippen molar-refractivity contribution < 1.29 is 0 Å². The molecule has 9 aromatic rings. The Morgan fingerprint density at radius 2 is 0.895 bits per heavy atom. The summed E-state index contributed by atoms with van der Waals surface area (Å²) in [5.74, 6) is 0. The number of benzene rings is 9. The molecular weight excluding hydrogens is 687 g/mol. The molecule has 0 unspecified atom stereocenters. The molecule has 0 fully saturated rings. The van der Waals surface area contributed by atoms with Gasteiger partial charge in [-0.05, 0) is 143 Å². The lowest BCUT2D eigenvalue weighted by molar-refractivity contribution is 0.332. The molecule has 0 radical (unpaired) electrons. The maximum absolute atomic E-state index is 2.46. The van der Waals surface area contributed by atoms with Crippen LogP contribution < -0.4 is 4.90 Å². The summed E-state index contributed by atoms with van der Waals surface area (Å²) < 4.78 is 0. The highest BCUT2D eigenvalue weighted by Crippen LogP contribution is 2.47. The lowest BCUT2D eigenvalue weighted by Crippen LogP contribution is -2.33. The van der Waals surface area contributed by atoms with Crippen molar-refractivity contribution in [3.63, 3.8) is 0 Å². The maximum Gasteiger partial charge on any atom is 0.0467 e. The van der Waals surface area contributed by atoms with Gasteiger partial charge >= 0.3 is 0 Å². The Labute approximate surface area is 336 Å². The molecule has 0 N–H and O–H groups in total. The van der Waals surface area contributed by atoms with Crippen molar-refractivity contribution >= 4 is 49.4 Å². The minimum absolute atomic E-state index is 0.164. The van der Waals surface area contributed by atoms with E-state index < -0.39 is 0 Å². The number of rotatable bonds is 6. The number of fused-ring (bicyclic) bond motifs is 5. The first-order chi connectivity index (χ1) is 27.7. The molecule has 57 heavy (non-hydrogen) atoms. The van der Waals surface area contributed by atoms with Gasteiger partial charge in [0.05, 0.1) is 0 Å². The Balaban J connectivity index is 1.09. The van der Waals surface area contributed by atoms with Crippen molar-refractivity contribution in [1.82, 2.24) is 0 Å². The first-order valence-corrected chi connectivity index (χ1v) is 20.4. The predicted octanol–water partition coefficient (Wildman–Crippen LogP) is 16.0. The first kappa shape index (κ1) is 35.0. The third-order valence-corrected chi connectivity index (χ3v) is 12.7. The summed E-state index contributed by atoms with van der Waals surface area (Å²) in [4.78, 5) is 2.40.